The fourth-order valence-electron chi connectivity index (χ4n) is 3.07. The molecule has 0 spiro atoms. The molecule has 0 aromatic heterocycles. The summed E-state index contributed by atoms with van der Waals surface area (Å²) >= 11 is 0. The zero-order chi connectivity index (χ0) is 22.1. The topological polar surface area (TPSA) is 56.7 Å². The zero-order valence-corrected chi connectivity index (χ0v) is 19.2. The van der Waals surface area contributed by atoms with Crippen LogP contribution in [-0.2, 0) is 18.4 Å². The van der Waals surface area contributed by atoms with Crippen LogP contribution in [0, 0.1) is 0 Å². The summed E-state index contributed by atoms with van der Waals surface area (Å²) in [6.45, 7) is 10.9. The van der Waals surface area contributed by atoms with Gasteiger partial charge in [0.2, 0.25) is 0 Å². The van der Waals surface area contributed by atoms with E-state index in [1.54, 1.807) is 19.0 Å². The van der Waals surface area contributed by atoms with Crippen molar-refractivity contribution in [3.8, 4) is 0 Å². The Balaban J connectivity index is 1.94. The van der Waals surface area contributed by atoms with Gasteiger partial charge in [0.05, 0.1) is 6.54 Å². The van der Waals surface area contributed by atoms with E-state index in [9.17, 15) is 4.79 Å². The monoisotopic (exact) mass is 408 g/mol. The third kappa shape index (κ3) is 7.21. The number of aliphatic imine (C=N–C) groups is 1. The van der Waals surface area contributed by atoms with Gasteiger partial charge in [-0.05, 0) is 47.6 Å². The van der Waals surface area contributed by atoms with Crippen molar-refractivity contribution in [2.24, 2.45) is 4.99 Å². The second-order valence-corrected chi connectivity index (χ2v) is 8.72. The van der Waals surface area contributed by atoms with Crippen molar-refractivity contribution in [1.29, 1.82) is 0 Å². The maximum absolute atomic E-state index is 12.1. The largest absolute Gasteiger partial charge is 0.357 e. The van der Waals surface area contributed by atoms with Crippen LogP contribution < -0.4 is 10.6 Å². The maximum Gasteiger partial charge on any atom is 0.253 e. The van der Waals surface area contributed by atoms with Crippen LogP contribution in [0.5, 0.6) is 0 Å². The highest BCUT2D eigenvalue weighted by Crippen LogP contribution is 2.22. The Kier molecular flexibility index (Phi) is 8.46. The van der Waals surface area contributed by atoms with E-state index in [2.05, 4.69) is 68.7 Å². The zero-order valence-electron chi connectivity index (χ0n) is 19.2. The minimum absolute atomic E-state index is 0.0252. The summed E-state index contributed by atoms with van der Waals surface area (Å²) in [6, 6.07) is 16.5. The SMILES string of the molecule is CCNC(=NCc1ccc(C(C)(C)C)cc1)NCCc1cccc(C(=O)N(C)C)c1. The van der Waals surface area contributed by atoms with Crippen molar-refractivity contribution in [3.05, 3.63) is 70.8 Å². The number of nitrogens with one attached hydrogen (secondary N) is 2. The number of carbonyl (C=O) groups is 1. The van der Waals surface area contributed by atoms with Gasteiger partial charge in [-0.25, -0.2) is 4.99 Å². The molecule has 5 nitrogen and oxygen atoms in total. The smallest absolute Gasteiger partial charge is 0.253 e. The Labute approximate surface area is 181 Å². The molecule has 2 aromatic rings. The molecule has 2 aromatic carbocycles. The van der Waals surface area contributed by atoms with Crippen LogP contribution in [0.1, 0.15) is 54.7 Å². The van der Waals surface area contributed by atoms with Crippen LogP contribution in [0.15, 0.2) is 53.5 Å². The molecule has 0 fully saturated rings. The van der Waals surface area contributed by atoms with Crippen LogP contribution in [0.2, 0.25) is 0 Å². The first kappa shape index (κ1) is 23.5. The highest BCUT2D eigenvalue weighted by molar-refractivity contribution is 5.94. The lowest BCUT2D eigenvalue weighted by Gasteiger charge is -2.19. The van der Waals surface area contributed by atoms with Crippen LogP contribution in [0.3, 0.4) is 0 Å². The molecule has 0 saturated carbocycles. The minimum Gasteiger partial charge on any atom is -0.357 e. The third-order valence-corrected chi connectivity index (χ3v) is 4.87. The normalized spacial score (nSPS) is 11.9. The van der Waals surface area contributed by atoms with Gasteiger partial charge in [-0.1, -0.05) is 57.2 Å². The molecule has 0 aliphatic carbocycles. The van der Waals surface area contributed by atoms with E-state index in [0.29, 0.717) is 6.54 Å². The fourth-order valence-corrected chi connectivity index (χ4v) is 3.07. The second-order valence-electron chi connectivity index (χ2n) is 8.72. The Hall–Kier alpha value is -2.82. The first-order valence-electron chi connectivity index (χ1n) is 10.6. The number of carbonyl (C=O) groups excluding carboxylic acids is 1. The maximum atomic E-state index is 12.1. The molecule has 5 heteroatoms. The van der Waals surface area contributed by atoms with E-state index < -0.39 is 0 Å². The number of rotatable bonds is 7. The van der Waals surface area contributed by atoms with Crippen LogP contribution in [0.25, 0.3) is 0 Å². The number of hydrogen-bond donors (Lipinski definition) is 2. The highest BCUT2D eigenvalue weighted by Gasteiger charge is 2.12. The molecule has 1 amide bonds. The molecule has 0 bridgehead atoms. The van der Waals surface area contributed by atoms with E-state index in [1.165, 1.54) is 11.1 Å². The van der Waals surface area contributed by atoms with Crippen molar-refractivity contribution in [2.75, 3.05) is 27.2 Å². The van der Waals surface area contributed by atoms with E-state index in [4.69, 9.17) is 4.99 Å². The Bertz CT molecular complexity index is 848. The number of benzene rings is 2. The number of guanidine groups is 1. The molecule has 0 aliphatic heterocycles. The number of nitrogens with zero attached hydrogens (tertiary/aromatic N) is 2. The number of hydrogen-bond acceptors (Lipinski definition) is 2. The highest BCUT2D eigenvalue weighted by atomic mass is 16.2. The van der Waals surface area contributed by atoms with E-state index >= 15 is 0 Å². The summed E-state index contributed by atoms with van der Waals surface area (Å²) in [5.41, 5.74) is 4.53. The van der Waals surface area contributed by atoms with Gasteiger partial charge in [0, 0.05) is 32.7 Å². The molecule has 0 unspecified atom stereocenters. The van der Waals surface area contributed by atoms with Crippen LogP contribution in [-0.4, -0.2) is 44.0 Å². The average Bonchev–Trinajstić information content (AvgIpc) is 2.71. The molecule has 0 aliphatic rings. The molecule has 30 heavy (non-hydrogen) atoms. The van der Waals surface area contributed by atoms with E-state index in [1.807, 2.05) is 18.2 Å². The Morgan fingerprint density at radius 1 is 1.00 bits per heavy atom. The van der Waals surface area contributed by atoms with Gasteiger partial charge in [0.25, 0.3) is 5.91 Å². The predicted octanol–water partition coefficient (Wildman–Crippen LogP) is 3.98. The van der Waals surface area contributed by atoms with Crippen molar-refractivity contribution in [2.45, 2.75) is 46.1 Å². The summed E-state index contributed by atoms with van der Waals surface area (Å²) in [5.74, 6) is 0.829. The van der Waals surface area contributed by atoms with Gasteiger partial charge in [-0.2, -0.15) is 0 Å². The predicted molar refractivity (Wildman–Crippen MR) is 126 cm³/mol. The van der Waals surface area contributed by atoms with Crippen molar-refractivity contribution in [1.82, 2.24) is 15.5 Å². The first-order valence-corrected chi connectivity index (χ1v) is 10.6. The molecule has 0 radical (unpaired) electrons. The van der Waals surface area contributed by atoms with Crippen molar-refractivity contribution >= 4 is 11.9 Å². The molecule has 0 saturated heterocycles. The fraction of sp³-hybridized carbons (Fsp3) is 0.440. The van der Waals surface area contributed by atoms with Gasteiger partial charge >= 0.3 is 0 Å². The lowest BCUT2D eigenvalue weighted by molar-refractivity contribution is 0.0827. The Morgan fingerprint density at radius 3 is 2.30 bits per heavy atom. The summed E-state index contributed by atoms with van der Waals surface area (Å²) in [5, 5.41) is 6.69. The number of amides is 1. The summed E-state index contributed by atoms with van der Waals surface area (Å²) in [7, 11) is 3.54. The Morgan fingerprint density at radius 2 is 1.70 bits per heavy atom. The van der Waals surface area contributed by atoms with Gasteiger partial charge in [-0.15, -0.1) is 0 Å². The van der Waals surface area contributed by atoms with Gasteiger partial charge in [0.15, 0.2) is 5.96 Å². The summed E-state index contributed by atoms with van der Waals surface area (Å²) in [4.78, 5) is 18.4. The minimum atomic E-state index is 0.0252. The molecular formula is C25H36N4O. The molecule has 2 N–H and O–H groups in total. The van der Waals surface area contributed by atoms with Gasteiger partial charge in [0.1, 0.15) is 0 Å². The lowest BCUT2D eigenvalue weighted by Crippen LogP contribution is -2.38. The molecular weight excluding hydrogens is 372 g/mol. The quantitative estimate of drug-likeness (QED) is 0.538. The molecule has 0 heterocycles. The van der Waals surface area contributed by atoms with E-state index in [0.717, 1.165) is 36.6 Å². The van der Waals surface area contributed by atoms with Crippen LogP contribution in [0.4, 0.5) is 0 Å². The average molecular weight is 409 g/mol. The third-order valence-electron chi connectivity index (χ3n) is 4.87. The van der Waals surface area contributed by atoms with E-state index in [-0.39, 0.29) is 11.3 Å². The first-order chi connectivity index (χ1) is 14.2. The molecule has 0 atom stereocenters. The van der Waals surface area contributed by atoms with Crippen molar-refractivity contribution in [3.63, 3.8) is 0 Å². The second kappa shape index (κ2) is 10.8. The lowest BCUT2D eigenvalue weighted by atomic mass is 9.87. The molecule has 162 valence electrons. The standard InChI is InChI=1S/C25H36N4O/c1-7-26-24(28-18-20-11-13-22(14-12-20)25(2,3)4)27-16-15-19-9-8-10-21(17-19)23(30)29(5)6/h8-14,17H,7,15-16,18H2,1-6H3,(H2,26,27,28). The van der Waals surface area contributed by atoms with Gasteiger partial charge in [-0.3, -0.25) is 4.79 Å². The van der Waals surface area contributed by atoms with Crippen molar-refractivity contribution < 1.29 is 4.79 Å². The summed E-state index contributed by atoms with van der Waals surface area (Å²) < 4.78 is 0. The van der Waals surface area contributed by atoms with Crippen LogP contribution >= 0.6 is 0 Å². The van der Waals surface area contributed by atoms with Gasteiger partial charge < -0.3 is 15.5 Å². The molecule has 2 rings (SSSR count). The summed E-state index contributed by atoms with van der Waals surface area (Å²) in [6.07, 6.45) is 0.819.